The Bertz CT molecular complexity index is 531. The number of alkyl halides is 3. The van der Waals surface area contributed by atoms with Gasteiger partial charge in [0, 0.05) is 25.8 Å². The number of nitrogens with two attached hydrogens (primary N) is 1. The zero-order valence-corrected chi connectivity index (χ0v) is 11.7. The number of carbonyl (C=O) groups excluding carboxylic acids is 1. The van der Waals surface area contributed by atoms with Crippen molar-refractivity contribution < 1.29 is 18.0 Å². The number of rotatable bonds is 3. The number of amides is 1. The normalized spacial score (nSPS) is 18.9. The topological polar surface area (TPSA) is 58.4 Å². The van der Waals surface area contributed by atoms with Gasteiger partial charge >= 0.3 is 6.18 Å². The first kappa shape index (κ1) is 15.6. The molecule has 1 fully saturated rings. The summed E-state index contributed by atoms with van der Waals surface area (Å²) in [4.78, 5) is 13.5. The minimum atomic E-state index is -4.45. The summed E-state index contributed by atoms with van der Waals surface area (Å²) in [5, 5.41) is 2.55. The summed E-state index contributed by atoms with van der Waals surface area (Å²) in [7, 11) is 1.53. The third-order valence-corrected chi connectivity index (χ3v) is 3.75. The fraction of sp³-hybridized carbons (Fsp3) is 0.500. The Hall–Kier alpha value is -1.76. The maximum absolute atomic E-state index is 13.1. The second kappa shape index (κ2) is 5.93. The standard InChI is InChI=1S/C14H18F3N3O/c1-19-13(21)12-3-2-6-20(12)10-5-4-9(8-18)11(7-10)14(15,16)17/h4-5,7,12H,2-3,6,8,18H2,1H3,(H,19,21). The van der Waals surface area contributed by atoms with Gasteiger partial charge in [-0.15, -0.1) is 0 Å². The van der Waals surface area contributed by atoms with Crippen LogP contribution in [0.5, 0.6) is 0 Å². The molecule has 0 aromatic heterocycles. The molecule has 116 valence electrons. The average molecular weight is 301 g/mol. The van der Waals surface area contributed by atoms with Gasteiger partial charge in [0.05, 0.1) is 5.56 Å². The fourth-order valence-electron chi connectivity index (χ4n) is 2.70. The maximum Gasteiger partial charge on any atom is 0.416 e. The van der Waals surface area contributed by atoms with Crippen LogP contribution in [0.4, 0.5) is 18.9 Å². The Morgan fingerprint density at radius 2 is 2.19 bits per heavy atom. The van der Waals surface area contributed by atoms with Crippen LogP contribution in [-0.4, -0.2) is 25.5 Å². The van der Waals surface area contributed by atoms with Gasteiger partial charge in [0.1, 0.15) is 6.04 Å². The molecule has 0 saturated carbocycles. The van der Waals surface area contributed by atoms with Gasteiger partial charge in [0.25, 0.3) is 0 Å². The molecule has 0 bridgehead atoms. The lowest BCUT2D eigenvalue weighted by Crippen LogP contribution is -2.42. The largest absolute Gasteiger partial charge is 0.416 e. The Morgan fingerprint density at radius 3 is 2.76 bits per heavy atom. The maximum atomic E-state index is 13.1. The number of hydrogen-bond acceptors (Lipinski definition) is 3. The Morgan fingerprint density at radius 1 is 1.48 bits per heavy atom. The van der Waals surface area contributed by atoms with Crippen LogP contribution in [0.1, 0.15) is 24.0 Å². The van der Waals surface area contributed by atoms with Crippen molar-refractivity contribution in [2.75, 3.05) is 18.5 Å². The third kappa shape index (κ3) is 3.12. The molecule has 1 aliphatic heterocycles. The summed E-state index contributed by atoms with van der Waals surface area (Å²) >= 11 is 0. The Labute approximate surface area is 121 Å². The van der Waals surface area contributed by atoms with Gasteiger partial charge in [-0.1, -0.05) is 6.07 Å². The highest BCUT2D eigenvalue weighted by Crippen LogP contribution is 2.36. The second-order valence-corrected chi connectivity index (χ2v) is 5.01. The summed E-state index contributed by atoms with van der Waals surface area (Å²) < 4.78 is 39.2. The predicted molar refractivity (Wildman–Crippen MR) is 73.8 cm³/mol. The van der Waals surface area contributed by atoms with Crippen LogP contribution < -0.4 is 16.0 Å². The van der Waals surface area contributed by atoms with E-state index in [1.54, 1.807) is 11.0 Å². The van der Waals surface area contributed by atoms with Crippen LogP contribution in [0.25, 0.3) is 0 Å². The van der Waals surface area contributed by atoms with Gasteiger partial charge in [-0.25, -0.2) is 0 Å². The highest BCUT2D eigenvalue weighted by atomic mass is 19.4. The number of anilines is 1. The van der Waals surface area contributed by atoms with Gasteiger partial charge < -0.3 is 16.0 Å². The molecule has 1 atom stereocenters. The monoisotopic (exact) mass is 301 g/mol. The van der Waals surface area contributed by atoms with E-state index in [1.807, 2.05) is 0 Å². The van der Waals surface area contributed by atoms with Crippen LogP contribution >= 0.6 is 0 Å². The molecule has 1 unspecified atom stereocenters. The van der Waals surface area contributed by atoms with Crippen molar-refractivity contribution in [1.82, 2.24) is 5.32 Å². The average Bonchev–Trinajstić information content (AvgIpc) is 2.94. The first-order valence-corrected chi connectivity index (χ1v) is 6.77. The first-order valence-electron chi connectivity index (χ1n) is 6.77. The Balaban J connectivity index is 2.38. The number of nitrogens with one attached hydrogen (secondary N) is 1. The van der Waals surface area contributed by atoms with Crippen LogP contribution in [0, 0.1) is 0 Å². The van der Waals surface area contributed by atoms with Gasteiger partial charge in [0.15, 0.2) is 0 Å². The number of benzene rings is 1. The number of likely N-dealkylation sites (N-methyl/N-ethyl adjacent to an activating group) is 1. The second-order valence-electron chi connectivity index (χ2n) is 5.01. The summed E-state index contributed by atoms with van der Waals surface area (Å²) in [5.74, 6) is -0.177. The minimum Gasteiger partial charge on any atom is -0.360 e. The van der Waals surface area contributed by atoms with Crippen molar-refractivity contribution in [3.63, 3.8) is 0 Å². The predicted octanol–water partition coefficient (Wildman–Crippen LogP) is 1.88. The van der Waals surface area contributed by atoms with E-state index < -0.39 is 17.8 Å². The molecular formula is C14H18F3N3O. The zero-order valence-electron chi connectivity index (χ0n) is 11.7. The van der Waals surface area contributed by atoms with E-state index in [-0.39, 0.29) is 18.0 Å². The molecule has 4 nitrogen and oxygen atoms in total. The molecule has 0 aliphatic carbocycles. The zero-order chi connectivity index (χ0) is 15.6. The molecule has 1 aliphatic rings. The number of carbonyl (C=O) groups is 1. The van der Waals surface area contributed by atoms with Crippen LogP contribution in [-0.2, 0) is 17.5 Å². The molecule has 1 amide bonds. The van der Waals surface area contributed by atoms with Crippen LogP contribution in [0.3, 0.4) is 0 Å². The van der Waals surface area contributed by atoms with Crippen molar-refractivity contribution >= 4 is 11.6 Å². The van der Waals surface area contributed by atoms with Crippen LogP contribution in [0.2, 0.25) is 0 Å². The molecule has 1 aromatic carbocycles. The first-order chi connectivity index (χ1) is 9.88. The van der Waals surface area contributed by atoms with E-state index >= 15 is 0 Å². The van der Waals surface area contributed by atoms with Crippen molar-refractivity contribution in [3.05, 3.63) is 29.3 Å². The molecule has 7 heteroatoms. The van der Waals surface area contributed by atoms with E-state index in [1.165, 1.54) is 13.1 Å². The fourth-order valence-corrected chi connectivity index (χ4v) is 2.70. The van der Waals surface area contributed by atoms with Gasteiger partial charge in [-0.05, 0) is 30.5 Å². The molecule has 0 spiro atoms. The van der Waals surface area contributed by atoms with Crippen molar-refractivity contribution in [2.45, 2.75) is 31.6 Å². The number of halogens is 3. The quantitative estimate of drug-likeness (QED) is 0.896. The molecule has 21 heavy (non-hydrogen) atoms. The lowest BCUT2D eigenvalue weighted by Gasteiger charge is -2.26. The van der Waals surface area contributed by atoms with Crippen molar-refractivity contribution in [2.24, 2.45) is 5.73 Å². The Kier molecular flexibility index (Phi) is 4.41. The van der Waals surface area contributed by atoms with Gasteiger partial charge in [-0.2, -0.15) is 13.2 Å². The summed E-state index contributed by atoms with van der Waals surface area (Å²) in [5.41, 5.74) is 5.10. The van der Waals surface area contributed by atoms with Crippen molar-refractivity contribution in [3.8, 4) is 0 Å². The summed E-state index contributed by atoms with van der Waals surface area (Å²) in [6.45, 7) is 0.394. The van der Waals surface area contributed by atoms with E-state index in [4.69, 9.17) is 5.73 Å². The van der Waals surface area contributed by atoms with Crippen LogP contribution in [0.15, 0.2) is 18.2 Å². The van der Waals surface area contributed by atoms with E-state index in [0.717, 1.165) is 12.5 Å². The molecule has 1 saturated heterocycles. The van der Waals surface area contributed by atoms with E-state index in [9.17, 15) is 18.0 Å². The number of hydrogen-bond donors (Lipinski definition) is 2. The molecule has 3 N–H and O–H groups in total. The SMILES string of the molecule is CNC(=O)C1CCCN1c1ccc(CN)c(C(F)(F)F)c1. The smallest absolute Gasteiger partial charge is 0.360 e. The van der Waals surface area contributed by atoms with E-state index in [2.05, 4.69) is 5.32 Å². The molecule has 1 aromatic rings. The molecule has 2 rings (SSSR count). The van der Waals surface area contributed by atoms with Gasteiger partial charge in [0.2, 0.25) is 5.91 Å². The third-order valence-electron chi connectivity index (χ3n) is 3.75. The summed E-state index contributed by atoms with van der Waals surface area (Å²) in [6, 6.07) is 3.65. The number of nitrogens with zero attached hydrogens (tertiary/aromatic N) is 1. The highest BCUT2D eigenvalue weighted by Gasteiger charge is 2.35. The van der Waals surface area contributed by atoms with E-state index in [0.29, 0.717) is 18.7 Å². The lowest BCUT2D eigenvalue weighted by molar-refractivity contribution is -0.138. The van der Waals surface area contributed by atoms with Crippen molar-refractivity contribution in [1.29, 1.82) is 0 Å². The molecule has 1 heterocycles. The lowest BCUT2D eigenvalue weighted by atomic mass is 10.0. The minimum absolute atomic E-state index is 0.0574. The molecular weight excluding hydrogens is 283 g/mol. The molecule has 0 radical (unpaired) electrons. The van der Waals surface area contributed by atoms with Gasteiger partial charge in [-0.3, -0.25) is 4.79 Å². The summed E-state index contributed by atoms with van der Waals surface area (Å²) in [6.07, 6.45) is -3.04. The highest BCUT2D eigenvalue weighted by molar-refractivity contribution is 5.85.